The normalized spacial score (nSPS) is 12.2. The van der Waals surface area contributed by atoms with Gasteiger partial charge in [0.15, 0.2) is 0 Å². The third-order valence-electron chi connectivity index (χ3n) is 1.30. The van der Waals surface area contributed by atoms with E-state index in [1.165, 1.54) is 20.8 Å². The van der Waals surface area contributed by atoms with E-state index in [1.54, 1.807) is 0 Å². The Kier molecular flexibility index (Phi) is 3.58. The van der Waals surface area contributed by atoms with Crippen molar-refractivity contribution in [1.29, 1.82) is 0 Å². The van der Waals surface area contributed by atoms with Gasteiger partial charge in [0.2, 0.25) is 0 Å². The van der Waals surface area contributed by atoms with Crippen molar-refractivity contribution in [1.82, 2.24) is 5.32 Å². The average Bonchev–Trinajstić information content (AvgIpc) is 1.84. The Hall–Kier alpha value is -0.510. The van der Waals surface area contributed by atoms with Gasteiger partial charge in [0.25, 0.3) is 0 Å². The van der Waals surface area contributed by atoms with E-state index >= 15 is 0 Å². The molecule has 0 amide bonds. The maximum absolute atomic E-state index is 12.6. The van der Waals surface area contributed by atoms with E-state index < -0.39 is 12.0 Å². The Morgan fingerprint density at radius 3 is 2.27 bits per heavy atom. The van der Waals surface area contributed by atoms with E-state index in [4.69, 9.17) is 0 Å². The largest absolute Gasteiger partial charge is 0.305 e. The lowest BCUT2D eigenvalue weighted by Crippen LogP contribution is -2.43. The molecule has 0 heterocycles. The van der Waals surface area contributed by atoms with Crippen molar-refractivity contribution in [3.05, 3.63) is 0 Å². The van der Waals surface area contributed by atoms with Crippen LogP contribution in [0.2, 0.25) is 0 Å². The molecule has 0 fully saturated rings. The molecule has 0 unspecified atom stereocenters. The predicted molar refractivity (Wildman–Crippen MR) is 38.5 cm³/mol. The van der Waals surface area contributed by atoms with E-state index in [-0.39, 0.29) is 12.3 Å². The summed E-state index contributed by atoms with van der Waals surface area (Å²) >= 11 is 0. The summed E-state index contributed by atoms with van der Waals surface area (Å²) < 4.78 is 25.3. The Labute approximate surface area is 65.0 Å². The molecule has 0 aliphatic carbocycles. The molecule has 0 aliphatic rings. The summed E-state index contributed by atoms with van der Waals surface area (Å²) in [5.41, 5.74) is 0. The number of ketones is 1. The molecule has 0 aromatic carbocycles. The third-order valence-corrected chi connectivity index (χ3v) is 1.30. The minimum atomic E-state index is -2.94. The number of Topliss-reactive ketones (excluding diaryl/α,β-unsaturated/α-hetero) is 1. The quantitative estimate of drug-likeness (QED) is 0.638. The molecule has 1 N–H and O–H groups in total. The van der Waals surface area contributed by atoms with Gasteiger partial charge in [-0.3, -0.25) is 10.1 Å². The number of carbonyl (C=O) groups excluding carboxylic acids is 1. The van der Waals surface area contributed by atoms with Crippen LogP contribution < -0.4 is 5.32 Å². The van der Waals surface area contributed by atoms with Gasteiger partial charge in [0, 0.05) is 5.92 Å². The van der Waals surface area contributed by atoms with Gasteiger partial charge in [-0.2, -0.15) is 8.78 Å². The minimum absolute atomic E-state index is 0.273. The van der Waals surface area contributed by atoms with Crippen LogP contribution in [0.1, 0.15) is 20.8 Å². The summed E-state index contributed by atoms with van der Waals surface area (Å²) in [6, 6.07) is -2.94. The van der Waals surface area contributed by atoms with Crippen LogP contribution in [0.3, 0.4) is 0 Å². The average molecular weight is 165 g/mol. The second kappa shape index (κ2) is 3.76. The smallest absolute Gasteiger partial charge is 0.299 e. The zero-order valence-electron chi connectivity index (χ0n) is 6.95. The Morgan fingerprint density at radius 2 is 2.00 bits per heavy atom. The van der Waals surface area contributed by atoms with Crippen LogP contribution in [0.4, 0.5) is 8.78 Å². The molecule has 0 rings (SSSR count). The monoisotopic (exact) mass is 165 g/mol. The minimum Gasteiger partial charge on any atom is -0.299 e. The Morgan fingerprint density at radius 1 is 1.55 bits per heavy atom. The summed E-state index contributed by atoms with van der Waals surface area (Å²) in [6.07, 6.45) is 0. The van der Waals surface area contributed by atoms with Crippen LogP contribution in [-0.2, 0) is 4.79 Å². The fourth-order valence-corrected chi connectivity index (χ4v) is 0.446. The van der Waals surface area contributed by atoms with E-state index in [2.05, 4.69) is 0 Å². The molecular weight excluding hydrogens is 152 g/mol. The van der Waals surface area contributed by atoms with Crippen LogP contribution in [0.25, 0.3) is 0 Å². The number of alkyl halides is 2. The topological polar surface area (TPSA) is 29.1 Å². The molecule has 0 aliphatic heterocycles. The number of carbonyl (C=O) groups is 1. The molecular formula is C7H13F2NO. The van der Waals surface area contributed by atoms with Crippen LogP contribution >= 0.6 is 0 Å². The fraction of sp³-hybridized carbons (Fsp3) is 0.857. The number of hydrogen-bond acceptors (Lipinski definition) is 2. The van der Waals surface area contributed by atoms with Crippen molar-refractivity contribution in [2.45, 2.75) is 26.8 Å². The van der Waals surface area contributed by atoms with Gasteiger partial charge >= 0.3 is 6.05 Å². The van der Waals surface area contributed by atoms with E-state index in [1.807, 2.05) is 5.32 Å². The van der Waals surface area contributed by atoms with Crippen molar-refractivity contribution in [2.24, 2.45) is 5.92 Å². The molecule has 4 heteroatoms. The molecule has 0 bridgehead atoms. The Balaban J connectivity index is 3.82. The highest BCUT2D eigenvalue weighted by atomic mass is 19.3. The lowest BCUT2D eigenvalue weighted by molar-refractivity contribution is -0.121. The van der Waals surface area contributed by atoms with Crippen LogP contribution in [-0.4, -0.2) is 18.4 Å². The summed E-state index contributed by atoms with van der Waals surface area (Å²) in [4.78, 5) is 10.3. The summed E-state index contributed by atoms with van der Waals surface area (Å²) in [6.45, 7) is 3.79. The highest BCUT2D eigenvalue weighted by molar-refractivity contribution is 5.77. The van der Waals surface area contributed by atoms with E-state index in [9.17, 15) is 13.6 Å². The van der Waals surface area contributed by atoms with Crippen molar-refractivity contribution in [2.75, 3.05) is 6.54 Å². The molecule has 11 heavy (non-hydrogen) atoms. The molecule has 0 saturated heterocycles. The number of halogens is 2. The highest BCUT2D eigenvalue weighted by Gasteiger charge is 2.32. The van der Waals surface area contributed by atoms with Gasteiger partial charge < -0.3 is 0 Å². The number of rotatable bonds is 4. The fourth-order valence-electron chi connectivity index (χ4n) is 0.446. The van der Waals surface area contributed by atoms with Crippen LogP contribution in [0, 0.1) is 5.92 Å². The first kappa shape index (κ1) is 10.5. The number of nitrogens with one attached hydrogen (secondary N) is 1. The van der Waals surface area contributed by atoms with Crippen molar-refractivity contribution >= 4 is 5.78 Å². The maximum atomic E-state index is 12.6. The van der Waals surface area contributed by atoms with E-state index in [0.717, 1.165) is 0 Å². The molecule has 0 aromatic heterocycles. The van der Waals surface area contributed by atoms with Crippen molar-refractivity contribution in [3.63, 3.8) is 0 Å². The van der Waals surface area contributed by atoms with Crippen molar-refractivity contribution in [3.8, 4) is 0 Å². The van der Waals surface area contributed by atoms with E-state index in [0.29, 0.717) is 0 Å². The number of hydrogen-bond donors (Lipinski definition) is 1. The van der Waals surface area contributed by atoms with Crippen LogP contribution in [0.5, 0.6) is 0 Å². The lowest BCUT2D eigenvalue weighted by atomic mass is 10.2. The second-order valence-electron chi connectivity index (χ2n) is 2.83. The van der Waals surface area contributed by atoms with Crippen molar-refractivity contribution < 1.29 is 13.6 Å². The SMILES string of the molecule is CC(=O)CNC(F)(F)C(C)C. The standard InChI is InChI=1S/C7H13F2NO/c1-5(2)7(8,9)10-4-6(3)11/h5,10H,4H2,1-3H3. The zero-order chi connectivity index (χ0) is 9.07. The molecule has 0 radical (unpaired) electrons. The molecule has 2 nitrogen and oxygen atoms in total. The molecule has 0 aromatic rings. The Bertz CT molecular complexity index is 145. The molecule has 0 atom stereocenters. The van der Waals surface area contributed by atoms with Crippen LogP contribution in [0.15, 0.2) is 0 Å². The van der Waals surface area contributed by atoms with Gasteiger partial charge in [0.1, 0.15) is 5.78 Å². The van der Waals surface area contributed by atoms with Gasteiger partial charge in [0.05, 0.1) is 6.54 Å². The zero-order valence-corrected chi connectivity index (χ0v) is 6.95. The first-order valence-corrected chi connectivity index (χ1v) is 3.48. The van der Waals surface area contributed by atoms with Gasteiger partial charge in [-0.05, 0) is 6.92 Å². The third kappa shape index (κ3) is 4.03. The first-order valence-electron chi connectivity index (χ1n) is 3.48. The highest BCUT2D eigenvalue weighted by Crippen LogP contribution is 2.19. The summed E-state index contributed by atoms with van der Waals surface area (Å²) in [7, 11) is 0. The molecule has 66 valence electrons. The lowest BCUT2D eigenvalue weighted by Gasteiger charge is -2.20. The first-order chi connectivity index (χ1) is 4.86. The van der Waals surface area contributed by atoms with Gasteiger partial charge in [-0.15, -0.1) is 0 Å². The van der Waals surface area contributed by atoms with Gasteiger partial charge in [-0.1, -0.05) is 13.8 Å². The predicted octanol–water partition coefficient (Wildman–Crippen LogP) is 1.41. The van der Waals surface area contributed by atoms with Gasteiger partial charge in [-0.25, -0.2) is 0 Å². The summed E-state index contributed by atoms with van der Waals surface area (Å²) in [5, 5.41) is 1.88. The molecule has 0 saturated carbocycles. The maximum Gasteiger partial charge on any atom is 0.305 e. The second-order valence-corrected chi connectivity index (χ2v) is 2.83. The summed E-state index contributed by atoms with van der Waals surface area (Å²) in [5.74, 6) is -1.08. The molecule has 0 spiro atoms.